The van der Waals surface area contributed by atoms with E-state index in [1.807, 2.05) is 55.8 Å². The van der Waals surface area contributed by atoms with E-state index in [-0.39, 0.29) is 0 Å². The molecular formula is C18H16N6. The molecular weight excluding hydrogens is 300 g/mol. The van der Waals surface area contributed by atoms with E-state index >= 15 is 0 Å². The number of aromatic nitrogens is 4. The number of H-pyrrole nitrogens is 1. The van der Waals surface area contributed by atoms with Gasteiger partial charge in [-0.15, -0.1) is 0 Å². The molecule has 0 aliphatic rings. The molecule has 0 atom stereocenters. The molecule has 118 valence electrons. The van der Waals surface area contributed by atoms with E-state index in [2.05, 4.69) is 36.6 Å². The third kappa shape index (κ3) is 2.77. The first kappa shape index (κ1) is 14.2. The predicted molar refractivity (Wildman–Crippen MR) is 96.4 cm³/mol. The number of hydrogen-bond acceptors (Lipinski definition) is 5. The zero-order valence-corrected chi connectivity index (χ0v) is 13.1. The fraction of sp³-hybridized carbons (Fsp3) is 0.0556. The molecule has 0 bridgehead atoms. The van der Waals surface area contributed by atoms with E-state index in [1.54, 1.807) is 6.20 Å². The molecule has 3 aromatic heterocycles. The van der Waals surface area contributed by atoms with E-state index in [0.717, 1.165) is 33.7 Å². The molecule has 0 spiro atoms. The summed E-state index contributed by atoms with van der Waals surface area (Å²) in [6.45, 7) is 0. The number of anilines is 3. The summed E-state index contributed by atoms with van der Waals surface area (Å²) in [6.07, 6.45) is 5.43. The lowest BCUT2D eigenvalue weighted by atomic mass is 10.2. The number of nitrogens with one attached hydrogen (secondary N) is 3. The second-order valence-electron chi connectivity index (χ2n) is 5.36. The van der Waals surface area contributed by atoms with Gasteiger partial charge < -0.3 is 15.6 Å². The van der Waals surface area contributed by atoms with Crippen LogP contribution in [0.5, 0.6) is 0 Å². The standard InChI is InChI=1S/C18H16N6/c1-19-14-3-2-4-15(10-14)23-18-21-8-6-16(24-18)13-9-12-5-7-20-17(12)22-11-13/h2-11,19H,1H3,(H,20,22)(H,21,23,24). The Morgan fingerprint density at radius 1 is 1.00 bits per heavy atom. The lowest BCUT2D eigenvalue weighted by molar-refractivity contribution is 1.17. The Hall–Kier alpha value is -3.41. The van der Waals surface area contributed by atoms with Crippen LogP contribution in [0.4, 0.5) is 17.3 Å². The van der Waals surface area contributed by atoms with E-state index in [0.29, 0.717) is 5.95 Å². The molecule has 1 aromatic carbocycles. The van der Waals surface area contributed by atoms with Crippen molar-refractivity contribution in [3.05, 3.63) is 61.1 Å². The summed E-state index contributed by atoms with van der Waals surface area (Å²) < 4.78 is 0. The molecule has 0 aliphatic carbocycles. The predicted octanol–water partition coefficient (Wildman–Crippen LogP) is 3.81. The van der Waals surface area contributed by atoms with Crippen LogP contribution in [-0.4, -0.2) is 27.0 Å². The highest BCUT2D eigenvalue weighted by Gasteiger charge is 2.05. The van der Waals surface area contributed by atoms with Gasteiger partial charge in [-0.1, -0.05) is 6.07 Å². The first-order valence-electron chi connectivity index (χ1n) is 7.63. The maximum atomic E-state index is 4.59. The summed E-state index contributed by atoms with van der Waals surface area (Å²) in [7, 11) is 1.89. The van der Waals surface area contributed by atoms with Crippen molar-refractivity contribution in [1.82, 2.24) is 19.9 Å². The van der Waals surface area contributed by atoms with Crippen molar-refractivity contribution in [3.8, 4) is 11.3 Å². The summed E-state index contributed by atoms with van der Waals surface area (Å²) in [5.41, 5.74) is 4.61. The number of aromatic amines is 1. The molecule has 6 nitrogen and oxygen atoms in total. The highest BCUT2D eigenvalue weighted by molar-refractivity contribution is 5.80. The molecule has 4 rings (SSSR count). The first-order chi connectivity index (χ1) is 11.8. The van der Waals surface area contributed by atoms with Gasteiger partial charge in [-0.25, -0.2) is 15.0 Å². The quantitative estimate of drug-likeness (QED) is 0.533. The Balaban J connectivity index is 1.65. The van der Waals surface area contributed by atoms with Gasteiger partial charge in [-0.2, -0.15) is 0 Å². The lowest BCUT2D eigenvalue weighted by Crippen LogP contribution is -1.98. The van der Waals surface area contributed by atoms with Crippen LogP contribution in [0.1, 0.15) is 0 Å². The van der Waals surface area contributed by atoms with Gasteiger partial charge in [-0.05, 0) is 36.4 Å². The van der Waals surface area contributed by atoms with E-state index < -0.39 is 0 Å². The van der Waals surface area contributed by atoms with Crippen LogP contribution >= 0.6 is 0 Å². The summed E-state index contributed by atoms with van der Waals surface area (Å²) in [6, 6.07) is 13.9. The Morgan fingerprint density at radius 2 is 1.92 bits per heavy atom. The average molecular weight is 316 g/mol. The first-order valence-corrected chi connectivity index (χ1v) is 7.63. The summed E-state index contributed by atoms with van der Waals surface area (Å²) >= 11 is 0. The minimum absolute atomic E-state index is 0.551. The van der Waals surface area contributed by atoms with Crippen LogP contribution in [0.15, 0.2) is 61.1 Å². The summed E-state index contributed by atoms with van der Waals surface area (Å²) in [5, 5.41) is 7.40. The van der Waals surface area contributed by atoms with Crippen molar-refractivity contribution in [2.24, 2.45) is 0 Å². The molecule has 3 N–H and O–H groups in total. The van der Waals surface area contributed by atoms with Crippen LogP contribution < -0.4 is 10.6 Å². The topological polar surface area (TPSA) is 78.5 Å². The molecule has 0 aliphatic heterocycles. The Morgan fingerprint density at radius 3 is 2.83 bits per heavy atom. The average Bonchev–Trinajstić information content (AvgIpc) is 3.10. The molecule has 0 amide bonds. The lowest BCUT2D eigenvalue weighted by Gasteiger charge is -2.08. The van der Waals surface area contributed by atoms with Gasteiger partial charge in [-0.3, -0.25) is 0 Å². The van der Waals surface area contributed by atoms with Crippen LogP contribution in [0.25, 0.3) is 22.3 Å². The molecule has 0 saturated carbocycles. The number of nitrogens with zero attached hydrogens (tertiary/aromatic N) is 3. The Bertz CT molecular complexity index is 991. The molecule has 3 heterocycles. The number of hydrogen-bond donors (Lipinski definition) is 3. The normalized spacial score (nSPS) is 10.7. The molecule has 0 radical (unpaired) electrons. The molecule has 0 fully saturated rings. The smallest absolute Gasteiger partial charge is 0.227 e. The molecule has 0 saturated heterocycles. The fourth-order valence-corrected chi connectivity index (χ4v) is 2.54. The van der Waals surface area contributed by atoms with Crippen molar-refractivity contribution >= 4 is 28.4 Å². The van der Waals surface area contributed by atoms with Crippen molar-refractivity contribution < 1.29 is 0 Å². The van der Waals surface area contributed by atoms with Crippen molar-refractivity contribution in [2.75, 3.05) is 17.7 Å². The molecule has 4 aromatic rings. The third-order valence-electron chi connectivity index (χ3n) is 3.76. The maximum absolute atomic E-state index is 4.59. The van der Waals surface area contributed by atoms with Crippen molar-refractivity contribution in [3.63, 3.8) is 0 Å². The summed E-state index contributed by atoms with van der Waals surface area (Å²) in [5.74, 6) is 0.551. The number of rotatable bonds is 4. The van der Waals surface area contributed by atoms with Gasteiger partial charge in [0.25, 0.3) is 0 Å². The monoisotopic (exact) mass is 316 g/mol. The maximum Gasteiger partial charge on any atom is 0.227 e. The highest BCUT2D eigenvalue weighted by atomic mass is 15.1. The van der Waals surface area contributed by atoms with Gasteiger partial charge >= 0.3 is 0 Å². The van der Waals surface area contributed by atoms with Crippen LogP contribution in [-0.2, 0) is 0 Å². The Kier molecular flexibility index (Phi) is 3.55. The number of fused-ring (bicyclic) bond motifs is 1. The molecule has 0 unspecified atom stereocenters. The van der Waals surface area contributed by atoms with Crippen LogP contribution in [0.2, 0.25) is 0 Å². The zero-order chi connectivity index (χ0) is 16.4. The van der Waals surface area contributed by atoms with Crippen molar-refractivity contribution in [2.45, 2.75) is 0 Å². The zero-order valence-electron chi connectivity index (χ0n) is 13.1. The van der Waals surface area contributed by atoms with Crippen LogP contribution in [0.3, 0.4) is 0 Å². The number of benzene rings is 1. The minimum atomic E-state index is 0.551. The van der Waals surface area contributed by atoms with Gasteiger partial charge in [0.15, 0.2) is 0 Å². The van der Waals surface area contributed by atoms with Crippen LogP contribution in [0, 0.1) is 0 Å². The number of pyridine rings is 1. The Labute approximate surface area is 139 Å². The van der Waals surface area contributed by atoms with Gasteiger partial charge in [0.2, 0.25) is 5.95 Å². The highest BCUT2D eigenvalue weighted by Crippen LogP contribution is 2.22. The second kappa shape index (κ2) is 6.00. The van der Waals surface area contributed by atoms with E-state index in [4.69, 9.17) is 0 Å². The van der Waals surface area contributed by atoms with Gasteiger partial charge in [0.05, 0.1) is 5.69 Å². The summed E-state index contributed by atoms with van der Waals surface area (Å²) in [4.78, 5) is 16.4. The third-order valence-corrected chi connectivity index (χ3v) is 3.76. The fourth-order valence-electron chi connectivity index (χ4n) is 2.54. The molecule has 6 heteroatoms. The SMILES string of the molecule is CNc1cccc(Nc2nccc(-c3cnc4[nH]ccc4c3)n2)c1. The largest absolute Gasteiger partial charge is 0.388 e. The van der Waals surface area contributed by atoms with Gasteiger partial charge in [0, 0.05) is 48.0 Å². The second-order valence-corrected chi connectivity index (χ2v) is 5.36. The molecule has 24 heavy (non-hydrogen) atoms. The van der Waals surface area contributed by atoms with E-state index in [1.165, 1.54) is 0 Å². The van der Waals surface area contributed by atoms with Crippen molar-refractivity contribution in [1.29, 1.82) is 0 Å². The van der Waals surface area contributed by atoms with E-state index in [9.17, 15) is 0 Å². The van der Waals surface area contributed by atoms with Gasteiger partial charge in [0.1, 0.15) is 5.65 Å². The minimum Gasteiger partial charge on any atom is -0.388 e.